The summed E-state index contributed by atoms with van der Waals surface area (Å²) in [4.78, 5) is 36.7. The van der Waals surface area contributed by atoms with Crippen molar-refractivity contribution in [2.75, 3.05) is 5.32 Å². The third kappa shape index (κ3) is 7.39. The second kappa shape index (κ2) is 11.5. The van der Waals surface area contributed by atoms with Gasteiger partial charge >= 0.3 is 5.97 Å². The van der Waals surface area contributed by atoms with Gasteiger partial charge in [-0.1, -0.05) is 25.1 Å². The average Bonchev–Trinajstić information content (AvgIpc) is 3.24. The van der Waals surface area contributed by atoms with Gasteiger partial charge in [-0.25, -0.2) is 0 Å². The Kier molecular flexibility index (Phi) is 8.67. The monoisotopic (exact) mass is 480 g/mol. The van der Waals surface area contributed by atoms with Crippen LogP contribution in [0.2, 0.25) is 0 Å². The van der Waals surface area contributed by atoms with Crippen molar-refractivity contribution >= 4 is 23.3 Å². The maximum Gasteiger partial charge on any atom is 0.320 e. The first kappa shape index (κ1) is 26.4. The minimum Gasteiger partial charge on any atom is -0.480 e. The molecule has 0 radical (unpaired) electrons. The predicted octanol–water partition coefficient (Wildman–Crippen LogP) is 4.57. The highest BCUT2D eigenvalue weighted by Crippen LogP contribution is 2.37. The number of aliphatic carboxylic acids is 1. The number of ketones is 1. The third-order valence-corrected chi connectivity index (χ3v) is 6.53. The number of hydrogen-bond donors (Lipinski definition) is 3. The fourth-order valence-corrected chi connectivity index (χ4v) is 4.84. The first-order chi connectivity index (χ1) is 16.6. The number of nitrogens with two attached hydrogens (primary N) is 1. The number of anilines is 1. The Balaban J connectivity index is 1.60. The van der Waals surface area contributed by atoms with Gasteiger partial charge in [-0.2, -0.15) is 0 Å². The van der Waals surface area contributed by atoms with Crippen molar-refractivity contribution in [2.45, 2.75) is 77.4 Å². The second-order valence-corrected chi connectivity index (χ2v) is 9.96. The van der Waals surface area contributed by atoms with Crippen molar-refractivity contribution in [1.29, 1.82) is 0 Å². The number of carbonyl (C=O) groups excluding carboxylic acids is 2. The molecule has 35 heavy (non-hydrogen) atoms. The summed E-state index contributed by atoms with van der Waals surface area (Å²) < 4.78 is 6.26. The summed E-state index contributed by atoms with van der Waals surface area (Å²) in [5.41, 5.74) is 8.57. The minimum absolute atomic E-state index is 0.00279. The largest absolute Gasteiger partial charge is 0.480 e. The summed E-state index contributed by atoms with van der Waals surface area (Å²) in [6.45, 7) is 5.84. The fraction of sp³-hybridized carbons (Fsp3) is 0.464. The van der Waals surface area contributed by atoms with Crippen LogP contribution in [-0.4, -0.2) is 34.4 Å². The van der Waals surface area contributed by atoms with Crippen LogP contribution < -0.4 is 15.8 Å². The van der Waals surface area contributed by atoms with Crippen molar-refractivity contribution in [1.82, 2.24) is 0 Å². The number of carboxylic acids is 1. The highest BCUT2D eigenvalue weighted by atomic mass is 16.5. The standard InChI is InChI=1S/C28H36N2O5/c1-18-12-19(2)14-22(13-18)30-26(32)17-21-6-8-23(9-7-21)35-28(10-4-5-11-28)25(31)16-20(3)15-24(29)27(33)34/h6-9,12-14,20,24H,4-5,10-11,15-17,29H2,1-3H3,(H,30,32)(H,33,34)/t20?,24-/m1/s1. The molecule has 1 aliphatic rings. The summed E-state index contributed by atoms with van der Waals surface area (Å²) in [6.07, 6.45) is 3.82. The van der Waals surface area contributed by atoms with Crippen molar-refractivity contribution < 1.29 is 24.2 Å². The number of aryl methyl sites for hydroxylation is 2. The summed E-state index contributed by atoms with van der Waals surface area (Å²) in [7, 11) is 0. The average molecular weight is 481 g/mol. The quantitative estimate of drug-likeness (QED) is 0.433. The second-order valence-electron chi connectivity index (χ2n) is 9.96. The Morgan fingerprint density at radius 2 is 1.66 bits per heavy atom. The number of ether oxygens (including phenoxy) is 1. The van der Waals surface area contributed by atoms with Gasteiger partial charge in [0.05, 0.1) is 6.42 Å². The van der Waals surface area contributed by atoms with E-state index in [-0.39, 0.29) is 36.9 Å². The van der Waals surface area contributed by atoms with Crippen LogP contribution in [0.15, 0.2) is 42.5 Å². The number of nitrogens with one attached hydrogen (secondary N) is 1. The SMILES string of the molecule is Cc1cc(C)cc(NC(=O)Cc2ccc(OC3(C(=O)CC(C)C[C@@H](N)C(=O)O)CCCC3)cc2)c1. The van der Waals surface area contributed by atoms with Crippen LogP contribution in [0.25, 0.3) is 0 Å². The van der Waals surface area contributed by atoms with Crippen molar-refractivity contribution in [2.24, 2.45) is 11.7 Å². The van der Waals surface area contributed by atoms with E-state index in [2.05, 4.69) is 11.4 Å². The molecule has 4 N–H and O–H groups in total. The molecule has 1 saturated carbocycles. The van der Waals surface area contributed by atoms with E-state index in [1.54, 1.807) is 12.1 Å². The molecule has 0 heterocycles. The lowest BCUT2D eigenvalue weighted by Gasteiger charge is -2.30. The Hall–Kier alpha value is -3.19. The van der Waals surface area contributed by atoms with Gasteiger partial charge in [0.15, 0.2) is 11.4 Å². The van der Waals surface area contributed by atoms with Gasteiger partial charge in [0.2, 0.25) is 5.91 Å². The van der Waals surface area contributed by atoms with Crippen LogP contribution in [0, 0.1) is 19.8 Å². The van der Waals surface area contributed by atoms with Crippen LogP contribution in [-0.2, 0) is 20.8 Å². The Morgan fingerprint density at radius 3 is 2.23 bits per heavy atom. The van der Waals surface area contributed by atoms with E-state index in [0.717, 1.165) is 35.2 Å². The highest BCUT2D eigenvalue weighted by molar-refractivity contribution is 5.92. The van der Waals surface area contributed by atoms with E-state index in [9.17, 15) is 14.4 Å². The first-order valence-electron chi connectivity index (χ1n) is 12.2. The Morgan fingerprint density at radius 1 is 1.06 bits per heavy atom. The molecule has 2 aromatic rings. The van der Waals surface area contributed by atoms with Crippen LogP contribution in [0.3, 0.4) is 0 Å². The molecule has 2 aromatic carbocycles. The summed E-state index contributed by atoms with van der Waals surface area (Å²) in [5, 5.41) is 12.0. The molecule has 0 spiro atoms. The zero-order valence-electron chi connectivity index (χ0n) is 20.8. The van der Waals surface area contributed by atoms with E-state index in [1.165, 1.54) is 0 Å². The maximum absolute atomic E-state index is 13.2. The lowest BCUT2D eigenvalue weighted by atomic mass is 9.87. The molecular formula is C28H36N2O5. The van der Waals surface area contributed by atoms with Crippen LogP contribution >= 0.6 is 0 Å². The molecule has 1 fully saturated rings. The Bertz CT molecular complexity index is 1040. The third-order valence-electron chi connectivity index (χ3n) is 6.53. The van der Waals surface area contributed by atoms with Gasteiger partial charge in [-0.3, -0.25) is 14.4 Å². The van der Waals surface area contributed by atoms with Crippen molar-refractivity contribution in [3.8, 4) is 5.75 Å². The number of benzene rings is 2. The number of rotatable bonds is 11. The molecule has 2 atom stereocenters. The van der Waals surface area contributed by atoms with Crippen LogP contribution in [0.4, 0.5) is 5.69 Å². The smallest absolute Gasteiger partial charge is 0.320 e. The van der Waals surface area contributed by atoms with Gasteiger partial charge in [-0.15, -0.1) is 0 Å². The van der Waals surface area contributed by atoms with E-state index >= 15 is 0 Å². The van der Waals surface area contributed by atoms with E-state index in [4.69, 9.17) is 15.6 Å². The first-order valence-corrected chi connectivity index (χ1v) is 12.2. The van der Waals surface area contributed by atoms with Crippen LogP contribution in [0.1, 0.15) is 62.1 Å². The topological polar surface area (TPSA) is 119 Å². The number of hydrogen-bond acceptors (Lipinski definition) is 5. The summed E-state index contributed by atoms with van der Waals surface area (Å²) in [5.74, 6) is -0.711. The predicted molar refractivity (Wildman–Crippen MR) is 136 cm³/mol. The maximum atomic E-state index is 13.2. The van der Waals surface area contributed by atoms with E-state index in [1.807, 2.05) is 45.0 Å². The van der Waals surface area contributed by atoms with Crippen molar-refractivity contribution in [3.05, 3.63) is 59.2 Å². The van der Waals surface area contributed by atoms with E-state index in [0.29, 0.717) is 18.6 Å². The number of carbonyl (C=O) groups is 3. The fourth-order valence-electron chi connectivity index (χ4n) is 4.84. The van der Waals surface area contributed by atoms with Gasteiger partial charge in [0.1, 0.15) is 11.8 Å². The molecule has 0 aromatic heterocycles. The Labute approximate surface area is 207 Å². The molecule has 1 amide bonds. The van der Waals surface area contributed by atoms with Crippen molar-refractivity contribution in [3.63, 3.8) is 0 Å². The lowest BCUT2D eigenvalue weighted by molar-refractivity contribution is -0.140. The minimum atomic E-state index is -1.06. The summed E-state index contributed by atoms with van der Waals surface area (Å²) >= 11 is 0. The molecular weight excluding hydrogens is 444 g/mol. The lowest BCUT2D eigenvalue weighted by Crippen LogP contribution is -2.43. The molecule has 0 saturated heterocycles. The molecule has 0 aliphatic heterocycles. The summed E-state index contributed by atoms with van der Waals surface area (Å²) in [6, 6.07) is 12.3. The normalized spacial score (nSPS) is 16.3. The van der Waals surface area contributed by atoms with Gasteiger partial charge in [0, 0.05) is 12.1 Å². The van der Waals surface area contributed by atoms with Gasteiger partial charge in [0.25, 0.3) is 0 Å². The molecule has 1 unspecified atom stereocenters. The zero-order valence-corrected chi connectivity index (χ0v) is 20.8. The van der Waals surface area contributed by atoms with Gasteiger partial charge in [-0.05, 0) is 92.8 Å². The molecule has 0 bridgehead atoms. The van der Waals surface area contributed by atoms with E-state index < -0.39 is 17.6 Å². The zero-order chi connectivity index (χ0) is 25.6. The molecule has 3 rings (SSSR count). The molecule has 188 valence electrons. The number of amides is 1. The van der Waals surface area contributed by atoms with Gasteiger partial charge < -0.3 is 20.9 Å². The molecule has 7 heteroatoms. The molecule has 1 aliphatic carbocycles. The number of Topliss-reactive ketones (excluding diaryl/α,β-unsaturated/α-hetero) is 1. The highest BCUT2D eigenvalue weighted by Gasteiger charge is 2.43. The number of carboxylic acid groups (broad SMARTS) is 1. The van der Waals surface area contributed by atoms with Crippen LogP contribution in [0.5, 0.6) is 5.75 Å². The molecule has 7 nitrogen and oxygen atoms in total.